The molecular weight excluding hydrogens is 402 g/mol. The molecule has 32 heavy (non-hydrogen) atoms. The summed E-state index contributed by atoms with van der Waals surface area (Å²) in [7, 11) is 1.62. The third-order valence-electron chi connectivity index (χ3n) is 8.48. The minimum Gasteiger partial charge on any atom is -0.497 e. The van der Waals surface area contributed by atoms with Gasteiger partial charge in [-0.15, -0.1) is 0 Å². The van der Waals surface area contributed by atoms with Gasteiger partial charge in [0.15, 0.2) is 0 Å². The second-order valence-corrected chi connectivity index (χ2v) is 10.8. The van der Waals surface area contributed by atoms with Crippen LogP contribution in [0.3, 0.4) is 0 Å². The van der Waals surface area contributed by atoms with Crippen LogP contribution in [-0.4, -0.2) is 68.0 Å². The summed E-state index contributed by atoms with van der Waals surface area (Å²) < 4.78 is 5.14. The molecule has 174 valence electrons. The van der Waals surface area contributed by atoms with Gasteiger partial charge in [0.2, 0.25) is 5.91 Å². The maximum absolute atomic E-state index is 13.1. The number of hydrogen-bond donors (Lipinski definition) is 1. The fourth-order valence-electron chi connectivity index (χ4n) is 7.33. The molecule has 1 aromatic carbocycles. The number of ether oxygens (including phenoxy) is 1. The van der Waals surface area contributed by atoms with Crippen LogP contribution in [0.2, 0.25) is 0 Å². The summed E-state index contributed by atoms with van der Waals surface area (Å²) >= 11 is 0. The zero-order valence-electron chi connectivity index (χ0n) is 19.4. The minimum atomic E-state index is -0.0583. The molecule has 5 fully saturated rings. The standard InChI is InChI=1S/C26H37N3O3/c1-32-23-4-2-22(3-5-23)25(31)27-6-7-28-8-10-29(11-9-28)24(30)18-26-15-19-12-20(16-26)14-21(13-19)17-26/h2-5,19-21H,6-18H2,1H3,(H,27,31). The molecule has 0 spiro atoms. The van der Waals surface area contributed by atoms with Crippen LogP contribution in [0.5, 0.6) is 5.75 Å². The fourth-order valence-corrected chi connectivity index (χ4v) is 7.33. The molecule has 4 saturated carbocycles. The van der Waals surface area contributed by atoms with Crippen LogP contribution in [0, 0.1) is 23.2 Å². The van der Waals surface area contributed by atoms with Crippen molar-refractivity contribution in [2.24, 2.45) is 23.2 Å². The molecule has 5 aliphatic rings. The Morgan fingerprint density at radius 3 is 2.12 bits per heavy atom. The highest BCUT2D eigenvalue weighted by Crippen LogP contribution is 2.61. The maximum Gasteiger partial charge on any atom is 0.251 e. The van der Waals surface area contributed by atoms with Crippen molar-refractivity contribution in [3.8, 4) is 5.75 Å². The van der Waals surface area contributed by atoms with Gasteiger partial charge in [-0.3, -0.25) is 14.5 Å². The predicted molar refractivity (Wildman–Crippen MR) is 124 cm³/mol. The molecule has 6 rings (SSSR count). The molecule has 0 unspecified atom stereocenters. The summed E-state index contributed by atoms with van der Waals surface area (Å²) in [5.74, 6) is 3.78. The smallest absolute Gasteiger partial charge is 0.251 e. The topological polar surface area (TPSA) is 61.9 Å². The third kappa shape index (κ3) is 4.66. The average Bonchev–Trinajstić information content (AvgIpc) is 2.78. The van der Waals surface area contributed by atoms with Gasteiger partial charge in [0, 0.05) is 51.3 Å². The normalized spacial score (nSPS) is 31.5. The number of amides is 2. The van der Waals surface area contributed by atoms with Crippen LogP contribution in [0.15, 0.2) is 24.3 Å². The van der Waals surface area contributed by atoms with Crippen molar-refractivity contribution in [2.75, 3.05) is 46.4 Å². The number of methoxy groups -OCH3 is 1. The molecule has 0 atom stereocenters. The van der Waals surface area contributed by atoms with E-state index in [0.29, 0.717) is 23.4 Å². The van der Waals surface area contributed by atoms with E-state index in [9.17, 15) is 9.59 Å². The summed E-state index contributed by atoms with van der Waals surface area (Å²) in [6, 6.07) is 7.16. The van der Waals surface area contributed by atoms with E-state index < -0.39 is 0 Å². The molecule has 2 amide bonds. The highest BCUT2D eigenvalue weighted by Gasteiger charge is 2.51. The van der Waals surface area contributed by atoms with Gasteiger partial charge < -0.3 is 15.0 Å². The molecule has 6 heteroatoms. The Bertz CT molecular complexity index is 794. The monoisotopic (exact) mass is 439 g/mol. The van der Waals surface area contributed by atoms with Crippen LogP contribution >= 0.6 is 0 Å². The van der Waals surface area contributed by atoms with E-state index in [4.69, 9.17) is 4.74 Å². The second-order valence-electron chi connectivity index (χ2n) is 10.8. The van der Waals surface area contributed by atoms with E-state index in [1.807, 2.05) is 0 Å². The zero-order chi connectivity index (χ0) is 22.1. The van der Waals surface area contributed by atoms with Crippen LogP contribution in [0.1, 0.15) is 55.3 Å². The first-order valence-electron chi connectivity index (χ1n) is 12.4. The Morgan fingerprint density at radius 2 is 1.56 bits per heavy atom. The van der Waals surface area contributed by atoms with Crippen LogP contribution in [0.4, 0.5) is 0 Å². The van der Waals surface area contributed by atoms with E-state index in [0.717, 1.165) is 62.6 Å². The van der Waals surface area contributed by atoms with Gasteiger partial charge in [0.25, 0.3) is 5.91 Å². The van der Waals surface area contributed by atoms with Crippen molar-refractivity contribution in [1.29, 1.82) is 0 Å². The lowest BCUT2D eigenvalue weighted by Gasteiger charge is -2.57. The number of piperazine rings is 1. The summed E-state index contributed by atoms with van der Waals surface area (Å²) in [6.45, 7) is 4.86. The number of benzene rings is 1. The molecule has 4 bridgehead atoms. The van der Waals surface area contributed by atoms with Gasteiger partial charge in [0.1, 0.15) is 5.75 Å². The van der Waals surface area contributed by atoms with Gasteiger partial charge in [-0.1, -0.05) is 0 Å². The molecule has 6 nitrogen and oxygen atoms in total. The van der Waals surface area contributed by atoms with Gasteiger partial charge in [-0.2, -0.15) is 0 Å². The fraction of sp³-hybridized carbons (Fsp3) is 0.692. The van der Waals surface area contributed by atoms with Crippen molar-refractivity contribution in [3.63, 3.8) is 0 Å². The molecule has 0 aromatic heterocycles. The number of hydrogen-bond acceptors (Lipinski definition) is 4. The van der Waals surface area contributed by atoms with E-state index in [1.54, 1.807) is 31.4 Å². The van der Waals surface area contributed by atoms with E-state index >= 15 is 0 Å². The summed E-state index contributed by atoms with van der Waals surface area (Å²) in [5, 5.41) is 3.00. The molecule has 1 aromatic rings. The molecule has 1 aliphatic heterocycles. The lowest BCUT2D eigenvalue weighted by Crippen LogP contribution is -2.52. The summed E-state index contributed by atoms with van der Waals surface area (Å²) in [6.07, 6.45) is 8.99. The van der Waals surface area contributed by atoms with Gasteiger partial charge >= 0.3 is 0 Å². The van der Waals surface area contributed by atoms with Crippen LogP contribution < -0.4 is 10.1 Å². The molecule has 1 N–H and O–H groups in total. The van der Waals surface area contributed by atoms with Crippen molar-refractivity contribution in [1.82, 2.24) is 15.1 Å². The maximum atomic E-state index is 13.1. The third-order valence-corrected chi connectivity index (χ3v) is 8.48. The van der Waals surface area contributed by atoms with Crippen molar-refractivity contribution >= 4 is 11.8 Å². The second kappa shape index (κ2) is 9.05. The number of nitrogens with zero attached hydrogens (tertiary/aromatic N) is 2. The summed E-state index contributed by atoms with van der Waals surface area (Å²) in [5.41, 5.74) is 0.972. The lowest BCUT2D eigenvalue weighted by atomic mass is 9.49. The van der Waals surface area contributed by atoms with E-state index in [-0.39, 0.29) is 5.91 Å². The minimum absolute atomic E-state index is 0.0583. The highest BCUT2D eigenvalue weighted by atomic mass is 16.5. The van der Waals surface area contributed by atoms with Gasteiger partial charge in [-0.05, 0) is 86.0 Å². The average molecular weight is 440 g/mol. The Kier molecular flexibility index (Phi) is 6.15. The summed E-state index contributed by atoms with van der Waals surface area (Å²) in [4.78, 5) is 29.9. The van der Waals surface area contributed by atoms with Gasteiger partial charge in [0.05, 0.1) is 7.11 Å². The Labute approximate surface area is 191 Å². The first-order valence-corrected chi connectivity index (χ1v) is 12.4. The zero-order valence-corrected chi connectivity index (χ0v) is 19.4. The molecule has 1 saturated heterocycles. The Balaban J connectivity index is 1.03. The Hall–Kier alpha value is -2.08. The van der Waals surface area contributed by atoms with E-state index in [1.165, 1.54) is 38.5 Å². The lowest BCUT2D eigenvalue weighted by molar-refractivity contribution is -0.141. The SMILES string of the molecule is COc1ccc(C(=O)NCCN2CCN(C(=O)CC34CC5CC(CC(C5)C3)C4)CC2)cc1. The molecular formula is C26H37N3O3. The van der Waals surface area contributed by atoms with Crippen LogP contribution in [-0.2, 0) is 4.79 Å². The molecule has 1 heterocycles. The van der Waals surface area contributed by atoms with Crippen LogP contribution in [0.25, 0.3) is 0 Å². The highest BCUT2D eigenvalue weighted by molar-refractivity contribution is 5.94. The van der Waals surface area contributed by atoms with E-state index in [2.05, 4.69) is 15.1 Å². The molecule has 0 radical (unpaired) electrons. The first-order chi connectivity index (χ1) is 15.5. The largest absolute Gasteiger partial charge is 0.497 e. The van der Waals surface area contributed by atoms with Crippen molar-refractivity contribution < 1.29 is 14.3 Å². The quantitative estimate of drug-likeness (QED) is 0.709. The van der Waals surface area contributed by atoms with Gasteiger partial charge in [-0.25, -0.2) is 0 Å². The Morgan fingerprint density at radius 1 is 0.969 bits per heavy atom. The first kappa shape index (κ1) is 21.7. The number of carbonyl (C=O) groups excluding carboxylic acids is 2. The number of carbonyl (C=O) groups is 2. The van der Waals surface area contributed by atoms with Crippen molar-refractivity contribution in [2.45, 2.75) is 44.9 Å². The number of nitrogens with one attached hydrogen (secondary N) is 1. The number of rotatable bonds is 7. The predicted octanol–water partition coefficient (Wildman–Crippen LogP) is 3.18. The molecule has 4 aliphatic carbocycles. The van der Waals surface area contributed by atoms with Crippen molar-refractivity contribution in [3.05, 3.63) is 29.8 Å².